The summed E-state index contributed by atoms with van der Waals surface area (Å²) in [4.78, 5) is 23.3. The molecule has 0 bridgehead atoms. The molecule has 1 aromatic heterocycles. The molecule has 0 aromatic carbocycles. The van der Waals surface area contributed by atoms with Crippen LogP contribution in [0.2, 0.25) is 0 Å². The molecule has 0 radical (unpaired) electrons. The number of carbonyl (C=O) groups is 2. The molecule has 2 amide bonds. The Kier molecular flexibility index (Phi) is 3.71. The van der Waals surface area contributed by atoms with Gasteiger partial charge in [-0.2, -0.15) is 0 Å². The average molecular weight is 328 g/mol. The van der Waals surface area contributed by atoms with E-state index in [0.29, 0.717) is 11.7 Å². The van der Waals surface area contributed by atoms with Crippen molar-refractivity contribution in [1.82, 2.24) is 9.88 Å². The molecule has 5 nitrogen and oxygen atoms in total. The first-order valence-electron chi connectivity index (χ1n) is 6.27. The van der Waals surface area contributed by atoms with Crippen molar-refractivity contribution in [2.45, 2.75) is 44.7 Å². The fourth-order valence-electron chi connectivity index (χ4n) is 2.13. The Morgan fingerprint density at radius 3 is 2.68 bits per heavy atom. The van der Waals surface area contributed by atoms with Crippen molar-refractivity contribution in [2.24, 2.45) is 5.73 Å². The molecule has 1 fully saturated rings. The lowest BCUT2D eigenvalue weighted by atomic mass is 10.00. The SMILES string of the molecule is CC(C)(CC(N)=O)NC(=O)c1cc(Br)cn1C1CC1. The monoisotopic (exact) mass is 327 g/mol. The van der Waals surface area contributed by atoms with Gasteiger partial charge in [0.25, 0.3) is 5.91 Å². The fourth-order valence-corrected chi connectivity index (χ4v) is 2.57. The van der Waals surface area contributed by atoms with Crippen LogP contribution in [0, 0.1) is 0 Å². The molecule has 6 heteroatoms. The third-order valence-electron chi connectivity index (χ3n) is 3.06. The van der Waals surface area contributed by atoms with Crippen LogP contribution in [-0.4, -0.2) is 21.9 Å². The van der Waals surface area contributed by atoms with Gasteiger partial charge in [0, 0.05) is 28.7 Å². The van der Waals surface area contributed by atoms with Crippen LogP contribution in [0.15, 0.2) is 16.7 Å². The molecule has 1 saturated carbocycles. The predicted molar refractivity (Wildman–Crippen MR) is 75.8 cm³/mol. The van der Waals surface area contributed by atoms with Crippen LogP contribution < -0.4 is 11.1 Å². The number of rotatable bonds is 5. The van der Waals surface area contributed by atoms with Gasteiger partial charge in [-0.25, -0.2) is 0 Å². The van der Waals surface area contributed by atoms with Crippen LogP contribution in [0.25, 0.3) is 0 Å². The largest absolute Gasteiger partial charge is 0.370 e. The molecule has 1 aliphatic carbocycles. The van der Waals surface area contributed by atoms with Gasteiger partial charge in [-0.1, -0.05) is 0 Å². The lowest BCUT2D eigenvalue weighted by Crippen LogP contribution is -2.46. The first kappa shape index (κ1) is 14.1. The maximum atomic E-state index is 12.3. The Bertz CT molecular complexity index is 518. The summed E-state index contributed by atoms with van der Waals surface area (Å²) in [7, 11) is 0. The van der Waals surface area contributed by atoms with Crippen LogP contribution in [0.1, 0.15) is 49.6 Å². The molecule has 1 heterocycles. The second-order valence-corrected chi connectivity index (χ2v) is 6.58. The number of nitrogens with zero attached hydrogens (tertiary/aromatic N) is 1. The van der Waals surface area contributed by atoms with Crippen LogP contribution in [0.4, 0.5) is 0 Å². The van der Waals surface area contributed by atoms with Crippen LogP contribution in [-0.2, 0) is 4.79 Å². The van der Waals surface area contributed by atoms with Crippen molar-refractivity contribution < 1.29 is 9.59 Å². The molecule has 0 atom stereocenters. The van der Waals surface area contributed by atoms with Crippen LogP contribution in [0.5, 0.6) is 0 Å². The number of amides is 2. The molecule has 2 rings (SSSR count). The van der Waals surface area contributed by atoms with Crippen molar-refractivity contribution in [3.63, 3.8) is 0 Å². The van der Waals surface area contributed by atoms with Crippen molar-refractivity contribution in [3.8, 4) is 0 Å². The van der Waals surface area contributed by atoms with E-state index in [4.69, 9.17) is 5.73 Å². The van der Waals surface area contributed by atoms with Crippen LogP contribution >= 0.6 is 15.9 Å². The first-order valence-corrected chi connectivity index (χ1v) is 7.06. The van der Waals surface area contributed by atoms with Gasteiger partial charge in [-0.3, -0.25) is 9.59 Å². The van der Waals surface area contributed by atoms with Gasteiger partial charge >= 0.3 is 0 Å². The Balaban J connectivity index is 2.13. The van der Waals surface area contributed by atoms with E-state index < -0.39 is 11.4 Å². The van der Waals surface area contributed by atoms with Crippen molar-refractivity contribution in [1.29, 1.82) is 0 Å². The summed E-state index contributed by atoms with van der Waals surface area (Å²) in [5.74, 6) is -0.604. The van der Waals surface area contributed by atoms with E-state index in [1.54, 1.807) is 19.9 Å². The molecule has 19 heavy (non-hydrogen) atoms. The second-order valence-electron chi connectivity index (χ2n) is 5.66. The van der Waals surface area contributed by atoms with Gasteiger partial charge in [-0.15, -0.1) is 0 Å². The number of nitrogens with one attached hydrogen (secondary N) is 1. The Morgan fingerprint density at radius 2 is 2.16 bits per heavy atom. The molecule has 1 aromatic rings. The smallest absolute Gasteiger partial charge is 0.268 e. The maximum Gasteiger partial charge on any atom is 0.268 e. The highest BCUT2D eigenvalue weighted by Gasteiger charge is 2.30. The number of primary amides is 1. The van der Waals surface area contributed by atoms with E-state index in [0.717, 1.165) is 17.3 Å². The lowest BCUT2D eigenvalue weighted by molar-refractivity contribution is -0.119. The zero-order valence-corrected chi connectivity index (χ0v) is 12.7. The quantitative estimate of drug-likeness (QED) is 0.867. The summed E-state index contributed by atoms with van der Waals surface area (Å²) in [6.45, 7) is 3.57. The van der Waals surface area contributed by atoms with E-state index in [1.807, 2.05) is 10.8 Å². The summed E-state index contributed by atoms with van der Waals surface area (Å²) in [5.41, 5.74) is 5.16. The van der Waals surface area contributed by atoms with Gasteiger partial charge in [0.2, 0.25) is 5.91 Å². The van der Waals surface area contributed by atoms with E-state index in [2.05, 4.69) is 21.2 Å². The first-order chi connectivity index (χ1) is 8.78. The fraction of sp³-hybridized carbons (Fsp3) is 0.538. The van der Waals surface area contributed by atoms with Crippen molar-refractivity contribution in [3.05, 3.63) is 22.4 Å². The summed E-state index contributed by atoms with van der Waals surface area (Å²) in [6.07, 6.45) is 4.25. The Hall–Kier alpha value is -1.30. The number of halogens is 1. The number of hydrogen-bond donors (Lipinski definition) is 2. The van der Waals surface area contributed by atoms with Gasteiger partial charge in [0.1, 0.15) is 5.69 Å². The van der Waals surface area contributed by atoms with E-state index in [9.17, 15) is 9.59 Å². The van der Waals surface area contributed by atoms with Gasteiger partial charge in [-0.05, 0) is 48.7 Å². The summed E-state index contributed by atoms with van der Waals surface area (Å²) >= 11 is 3.39. The molecule has 3 N–H and O–H groups in total. The highest BCUT2D eigenvalue weighted by atomic mass is 79.9. The molecule has 0 aliphatic heterocycles. The predicted octanol–water partition coefficient (Wildman–Crippen LogP) is 1.97. The number of carbonyl (C=O) groups excluding carboxylic acids is 2. The van der Waals surface area contributed by atoms with E-state index in [-0.39, 0.29) is 12.3 Å². The highest BCUT2D eigenvalue weighted by Crippen LogP contribution is 2.37. The summed E-state index contributed by atoms with van der Waals surface area (Å²) in [5, 5.41) is 2.86. The third kappa shape index (κ3) is 3.59. The molecule has 104 valence electrons. The molecule has 0 unspecified atom stereocenters. The molecule has 0 spiro atoms. The van der Waals surface area contributed by atoms with Crippen molar-refractivity contribution in [2.75, 3.05) is 0 Å². The highest BCUT2D eigenvalue weighted by molar-refractivity contribution is 9.10. The topological polar surface area (TPSA) is 77.1 Å². The normalized spacial score (nSPS) is 15.3. The number of nitrogens with two attached hydrogens (primary N) is 1. The van der Waals surface area contributed by atoms with Gasteiger partial charge in [0.15, 0.2) is 0 Å². The maximum absolute atomic E-state index is 12.3. The van der Waals surface area contributed by atoms with E-state index in [1.165, 1.54) is 0 Å². The number of aromatic nitrogens is 1. The molecular formula is C13H18BrN3O2. The zero-order valence-electron chi connectivity index (χ0n) is 11.1. The second kappa shape index (κ2) is 5.00. The minimum atomic E-state index is -0.645. The summed E-state index contributed by atoms with van der Waals surface area (Å²) < 4.78 is 2.87. The molecular weight excluding hydrogens is 310 g/mol. The van der Waals surface area contributed by atoms with Crippen molar-refractivity contribution >= 4 is 27.7 Å². The lowest BCUT2D eigenvalue weighted by Gasteiger charge is -2.25. The molecule has 0 saturated heterocycles. The standard InChI is InChI=1S/C13H18BrN3O2/c1-13(2,6-11(15)18)16-12(19)10-5-8(14)7-17(10)9-3-4-9/h5,7,9H,3-4,6H2,1-2H3,(H2,15,18)(H,16,19). The van der Waals surface area contributed by atoms with Gasteiger partial charge in [0.05, 0.1) is 0 Å². The Morgan fingerprint density at radius 1 is 1.53 bits per heavy atom. The van der Waals surface area contributed by atoms with Crippen LogP contribution in [0.3, 0.4) is 0 Å². The van der Waals surface area contributed by atoms with Gasteiger partial charge < -0.3 is 15.6 Å². The molecule has 1 aliphatic rings. The Labute approximate surface area is 120 Å². The third-order valence-corrected chi connectivity index (χ3v) is 3.49. The minimum Gasteiger partial charge on any atom is -0.370 e. The number of hydrogen-bond acceptors (Lipinski definition) is 2. The zero-order chi connectivity index (χ0) is 14.2. The summed E-state index contributed by atoms with van der Waals surface area (Å²) in [6, 6.07) is 2.22. The van der Waals surface area contributed by atoms with E-state index >= 15 is 0 Å². The minimum absolute atomic E-state index is 0.115. The average Bonchev–Trinajstić information content (AvgIpc) is 2.99.